The molecule has 0 amide bonds. The van der Waals surface area contributed by atoms with Crippen molar-refractivity contribution in [3.8, 4) is 0 Å². The first kappa shape index (κ1) is 17.3. The van der Waals surface area contributed by atoms with Crippen molar-refractivity contribution >= 4 is 5.97 Å². The number of hydrogen-bond acceptors (Lipinski definition) is 4. The topological polar surface area (TPSA) is 84.3 Å². The van der Waals surface area contributed by atoms with Gasteiger partial charge in [0, 0.05) is 11.3 Å². The summed E-state index contributed by atoms with van der Waals surface area (Å²) in [4.78, 5) is 14.9. The van der Waals surface area contributed by atoms with Crippen LogP contribution in [0.5, 0.6) is 0 Å². The van der Waals surface area contributed by atoms with Gasteiger partial charge < -0.3 is 9.47 Å². The summed E-state index contributed by atoms with van der Waals surface area (Å²) in [6, 6.07) is 9.52. The third-order valence-electron chi connectivity index (χ3n) is 3.89. The summed E-state index contributed by atoms with van der Waals surface area (Å²) in [5.74, 6) is -0.171. The molecule has 0 saturated carbocycles. The summed E-state index contributed by atoms with van der Waals surface area (Å²) in [6.45, 7) is 4.91. The van der Waals surface area contributed by atoms with E-state index in [1.807, 2.05) is 30.3 Å². The Kier molecular flexibility index (Phi) is 6.44. The molecular formula is C17H23N3O3. The van der Waals surface area contributed by atoms with Crippen molar-refractivity contribution in [3.63, 3.8) is 0 Å². The fourth-order valence-corrected chi connectivity index (χ4v) is 2.76. The molecule has 23 heavy (non-hydrogen) atoms. The van der Waals surface area contributed by atoms with Crippen molar-refractivity contribution in [2.24, 2.45) is 17.0 Å². The Morgan fingerprint density at radius 2 is 2.13 bits per heavy atom. The molecule has 1 aromatic rings. The van der Waals surface area contributed by atoms with Crippen molar-refractivity contribution in [2.45, 2.75) is 45.4 Å². The fraction of sp³-hybridized carbons (Fsp3) is 0.588. The van der Waals surface area contributed by atoms with Crippen molar-refractivity contribution in [3.05, 3.63) is 46.3 Å². The monoisotopic (exact) mass is 317 g/mol. The highest BCUT2D eigenvalue weighted by molar-refractivity contribution is 5.74. The lowest BCUT2D eigenvalue weighted by Gasteiger charge is -2.19. The van der Waals surface area contributed by atoms with Gasteiger partial charge in [0.15, 0.2) is 0 Å². The van der Waals surface area contributed by atoms with E-state index in [1.54, 1.807) is 0 Å². The third-order valence-corrected chi connectivity index (χ3v) is 3.89. The molecule has 0 aliphatic carbocycles. The minimum absolute atomic E-state index is 0.259. The molecule has 1 unspecified atom stereocenters. The van der Waals surface area contributed by atoms with Crippen LogP contribution in [0.25, 0.3) is 10.4 Å². The van der Waals surface area contributed by atoms with Gasteiger partial charge in [-0.2, -0.15) is 0 Å². The van der Waals surface area contributed by atoms with Gasteiger partial charge in [0.25, 0.3) is 0 Å². The molecule has 6 nitrogen and oxygen atoms in total. The quantitative estimate of drug-likeness (QED) is 0.316. The Balaban J connectivity index is 1.85. The number of rotatable bonds is 8. The zero-order valence-corrected chi connectivity index (χ0v) is 13.6. The second-order valence-electron chi connectivity index (χ2n) is 6.31. The van der Waals surface area contributed by atoms with E-state index < -0.39 is 0 Å². The minimum Gasteiger partial charge on any atom is -0.462 e. The number of hydrogen-bond donors (Lipinski definition) is 0. The lowest BCUT2D eigenvalue weighted by atomic mass is 9.95. The number of carbonyl (C=O) groups is 1. The van der Waals surface area contributed by atoms with Gasteiger partial charge in [0.2, 0.25) is 0 Å². The Morgan fingerprint density at radius 1 is 1.39 bits per heavy atom. The van der Waals surface area contributed by atoms with Crippen LogP contribution in [-0.2, 0) is 20.9 Å². The standard InChI is InChI=1S/C17H23N3O3/c1-12(2)8-15(19-20-18)16-9-14(17(21)23-16)11-22-10-13-6-4-3-5-7-13/h3-7,12,14-16H,8-11H2,1-2H3/t14?,15-,16+/m1/s1. The van der Waals surface area contributed by atoms with E-state index in [9.17, 15) is 4.79 Å². The Labute approximate surface area is 136 Å². The van der Waals surface area contributed by atoms with E-state index in [0.717, 1.165) is 5.56 Å². The van der Waals surface area contributed by atoms with Crippen molar-refractivity contribution < 1.29 is 14.3 Å². The van der Waals surface area contributed by atoms with E-state index >= 15 is 0 Å². The van der Waals surface area contributed by atoms with Crippen molar-refractivity contribution in [1.29, 1.82) is 0 Å². The fourth-order valence-electron chi connectivity index (χ4n) is 2.76. The van der Waals surface area contributed by atoms with Crippen LogP contribution in [0.1, 0.15) is 32.3 Å². The van der Waals surface area contributed by atoms with Crippen LogP contribution >= 0.6 is 0 Å². The predicted molar refractivity (Wildman–Crippen MR) is 86.5 cm³/mol. The average molecular weight is 317 g/mol. The number of ether oxygens (including phenoxy) is 2. The van der Waals surface area contributed by atoms with Gasteiger partial charge in [-0.3, -0.25) is 4.79 Å². The van der Waals surface area contributed by atoms with Gasteiger partial charge in [0.05, 0.1) is 25.2 Å². The Bertz CT molecular complexity index is 555. The highest BCUT2D eigenvalue weighted by atomic mass is 16.6. The summed E-state index contributed by atoms with van der Waals surface area (Å²) in [5, 5.41) is 3.81. The van der Waals surface area contributed by atoms with Gasteiger partial charge in [0.1, 0.15) is 6.10 Å². The molecule has 6 heteroatoms. The molecular weight excluding hydrogens is 294 g/mol. The smallest absolute Gasteiger partial charge is 0.311 e. The summed E-state index contributed by atoms with van der Waals surface area (Å²) in [5.41, 5.74) is 9.77. The maximum absolute atomic E-state index is 12.0. The summed E-state index contributed by atoms with van der Waals surface area (Å²) < 4.78 is 11.0. The number of benzene rings is 1. The molecule has 1 heterocycles. The van der Waals surface area contributed by atoms with Gasteiger partial charge in [-0.05, 0) is 23.4 Å². The normalized spacial score (nSPS) is 21.8. The second kappa shape index (κ2) is 8.56. The molecule has 1 aromatic carbocycles. The van der Waals surface area contributed by atoms with Crippen LogP contribution in [0, 0.1) is 11.8 Å². The van der Waals surface area contributed by atoms with Crippen LogP contribution < -0.4 is 0 Å². The first-order valence-corrected chi connectivity index (χ1v) is 7.96. The lowest BCUT2D eigenvalue weighted by Crippen LogP contribution is -2.25. The first-order chi connectivity index (χ1) is 11.1. The SMILES string of the molecule is CC(C)C[C@@H](N=[N+]=[N-])[C@@H]1CC(COCc2ccccc2)C(=O)O1. The largest absolute Gasteiger partial charge is 0.462 e. The van der Waals surface area contributed by atoms with E-state index in [4.69, 9.17) is 15.0 Å². The van der Waals surface area contributed by atoms with E-state index in [2.05, 4.69) is 23.9 Å². The van der Waals surface area contributed by atoms with Crippen molar-refractivity contribution in [2.75, 3.05) is 6.61 Å². The first-order valence-electron chi connectivity index (χ1n) is 7.96. The minimum atomic E-state index is -0.342. The maximum atomic E-state index is 12.0. The Morgan fingerprint density at radius 3 is 2.78 bits per heavy atom. The number of carbonyl (C=O) groups excluding carboxylic acids is 1. The highest BCUT2D eigenvalue weighted by Gasteiger charge is 2.38. The van der Waals surface area contributed by atoms with Gasteiger partial charge >= 0.3 is 5.97 Å². The molecule has 1 fully saturated rings. The molecule has 0 N–H and O–H groups in total. The van der Waals surface area contributed by atoms with Gasteiger partial charge in [-0.15, -0.1) is 0 Å². The van der Waals surface area contributed by atoms with Crippen LogP contribution in [0.4, 0.5) is 0 Å². The highest BCUT2D eigenvalue weighted by Crippen LogP contribution is 2.28. The zero-order chi connectivity index (χ0) is 16.7. The molecule has 1 aliphatic rings. The van der Waals surface area contributed by atoms with Crippen LogP contribution in [-0.4, -0.2) is 24.7 Å². The molecule has 0 radical (unpaired) electrons. The van der Waals surface area contributed by atoms with E-state index in [1.165, 1.54) is 0 Å². The third kappa shape index (κ3) is 5.27. The van der Waals surface area contributed by atoms with Crippen LogP contribution in [0.15, 0.2) is 35.4 Å². The van der Waals surface area contributed by atoms with Crippen LogP contribution in [0.3, 0.4) is 0 Å². The summed E-state index contributed by atoms with van der Waals surface area (Å²) >= 11 is 0. The van der Waals surface area contributed by atoms with Gasteiger partial charge in [-0.1, -0.05) is 49.3 Å². The Hall–Kier alpha value is -2.04. The second-order valence-corrected chi connectivity index (χ2v) is 6.31. The molecule has 0 bridgehead atoms. The molecule has 124 valence electrons. The molecule has 2 rings (SSSR count). The van der Waals surface area contributed by atoms with Gasteiger partial charge in [-0.25, -0.2) is 0 Å². The number of azide groups is 1. The van der Waals surface area contributed by atoms with E-state index in [-0.39, 0.29) is 24.0 Å². The van der Waals surface area contributed by atoms with E-state index in [0.29, 0.717) is 32.0 Å². The average Bonchev–Trinajstić information content (AvgIpc) is 2.89. The summed E-state index contributed by atoms with van der Waals surface area (Å²) in [6.07, 6.45) is 0.912. The number of nitrogens with zero attached hydrogens (tertiary/aromatic N) is 3. The van der Waals surface area contributed by atoms with Crippen LogP contribution in [0.2, 0.25) is 0 Å². The maximum Gasteiger partial charge on any atom is 0.311 e. The number of esters is 1. The lowest BCUT2D eigenvalue weighted by molar-refractivity contribution is -0.146. The summed E-state index contributed by atoms with van der Waals surface area (Å²) in [7, 11) is 0. The molecule has 1 saturated heterocycles. The molecule has 3 atom stereocenters. The molecule has 0 aromatic heterocycles. The molecule has 1 aliphatic heterocycles. The van der Waals surface area contributed by atoms with Crippen molar-refractivity contribution in [1.82, 2.24) is 0 Å². The predicted octanol–water partition coefficient (Wildman–Crippen LogP) is 3.86. The molecule has 0 spiro atoms. The zero-order valence-electron chi connectivity index (χ0n) is 13.6. The number of cyclic esters (lactones) is 1.